The van der Waals surface area contributed by atoms with Crippen LogP contribution in [0, 0.1) is 0 Å². The summed E-state index contributed by atoms with van der Waals surface area (Å²) in [6.07, 6.45) is 13.1. The summed E-state index contributed by atoms with van der Waals surface area (Å²) in [6.45, 7) is 19.1. The Morgan fingerprint density at radius 1 is 0.795 bits per heavy atom. The third-order valence-corrected chi connectivity index (χ3v) is 13.4. The molecule has 0 bridgehead atoms. The van der Waals surface area contributed by atoms with E-state index in [1.54, 1.807) is 44.5 Å². The van der Waals surface area contributed by atoms with Crippen molar-refractivity contribution in [1.82, 2.24) is 0 Å². The van der Waals surface area contributed by atoms with Crippen molar-refractivity contribution >= 4 is 8.78 Å². The van der Waals surface area contributed by atoms with Gasteiger partial charge in [-0.2, -0.15) is 0 Å². The zero-order chi connectivity index (χ0) is 26.5. The Morgan fingerprint density at radius 2 is 1.46 bits per heavy atom. The Bertz CT molecular complexity index is 1300. The van der Waals surface area contributed by atoms with Gasteiger partial charge in [-0.3, -0.25) is 0 Å². The standard InChI is InChI=1S/C30H37.C6H10.2ClH.Zr/c1-9-19-11-13-25(22(19)10-2)28-26-18-20-17-21(29(3,4)5)12-14-23(20)24(26)15-16-27(28)30(6,7)8;1-2-4-6-5-3-1;;;/h11-12,14-18H,9-10,13H2,1-8H3;1-5H2;2*1H;/q;;;;+2/p-2. The molecule has 0 radical (unpaired) electrons. The quantitative estimate of drug-likeness (QED) is 0.462. The maximum absolute atomic E-state index is 2.63. The first-order valence-electron chi connectivity index (χ1n) is 14.9. The van der Waals surface area contributed by atoms with Gasteiger partial charge in [0.05, 0.1) is 0 Å². The normalized spacial score (nSPS) is 18.6. The molecule has 1 saturated carbocycles. The molecule has 0 nitrogen and oxygen atoms in total. The van der Waals surface area contributed by atoms with Crippen molar-refractivity contribution < 1.29 is 47.6 Å². The maximum Gasteiger partial charge on any atom is -1.00 e. The fourth-order valence-corrected chi connectivity index (χ4v) is 11.6. The van der Waals surface area contributed by atoms with E-state index in [2.05, 4.69) is 91.8 Å². The van der Waals surface area contributed by atoms with Crippen LogP contribution in [-0.2, 0) is 33.6 Å². The Balaban J connectivity index is 0.00000210. The summed E-state index contributed by atoms with van der Waals surface area (Å²) in [4.78, 5) is 0. The number of hydrogen-bond donors (Lipinski definition) is 0. The van der Waals surface area contributed by atoms with Gasteiger partial charge in [0.25, 0.3) is 0 Å². The molecule has 0 aliphatic heterocycles. The maximum atomic E-state index is 2.63. The number of allylic oxidation sites excluding steroid dienone is 4. The topological polar surface area (TPSA) is 0 Å². The molecule has 0 heterocycles. The van der Waals surface area contributed by atoms with E-state index >= 15 is 0 Å². The van der Waals surface area contributed by atoms with Gasteiger partial charge >= 0.3 is 239 Å². The van der Waals surface area contributed by atoms with Crippen LogP contribution in [0.2, 0.25) is 0 Å². The molecule has 39 heavy (non-hydrogen) atoms. The van der Waals surface area contributed by atoms with E-state index in [1.165, 1.54) is 43.2 Å². The summed E-state index contributed by atoms with van der Waals surface area (Å²) < 4.78 is 2.63. The average molecular weight is 642 g/mol. The van der Waals surface area contributed by atoms with Gasteiger partial charge < -0.3 is 24.8 Å². The first kappa shape index (κ1) is 32.8. The van der Waals surface area contributed by atoms with Gasteiger partial charge in [0.1, 0.15) is 0 Å². The van der Waals surface area contributed by atoms with Crippen LogP contribution in [0.4, 0.5) is 0 Å². The van der Waals surface area contributed by atoms with E-state index < -0.39 is 22.8 Å². The Hall–Kier alpha value is -0.747. The van der Waals surface area contributed by atoms with E-state index in [0.717, 1.165) is 19.3 Å². The van der Waals surface area contributed by atoms with Gasteiger partial charge in [0, 0.05) is 0 Å². The predicted molar refractivity (Wildman–Crippen MR) is 159 cm³/mol. The summed E-state index contributed by atoms with van der Waals surface area (Å²) in [5.41, 5.74) is 16.4. The van der Waals surface area contributed by atoms with Crippen LogP contribution in [0.3, 0.4) is 0 Å². The van der Waals surface area contributed by atoms with E-state index in [1.807, 2.05) is 3.21 Å². The third kappa shape index (κ3) is 6.22. The molecule has 1 atom stereocenters. The van der Waals surface area contributed by atoms with Crippen molar-refractivity contribution in [3.63, 3.8) is 0 Å². The van der Waals surface area contributed by atoms with Crippen LogP contribution in [0.5, 0.6) is 0 Å². The molecule has 0 N–H and O–H groups in total. The molecule has 0 saturated heterocycles. The van der Waals surface area contributed by atoms with Crippen molar-refractivity contribution in [1.29, 1.82) is 0 Å². The second kappa shape index (κ2) is 12.6. The molecule has 0 aromatic heterocycles. The molecule has 2 aromatic rings. The first-order valence-corrected chi connectivity index (χ1v) is 17.5. The van der Waals surface area contributed by atoms with Gasteiger partial charge in [-0.25, -0.2) is 0 Å². The van der Waals surface area contributed by atoms with E-state index in [-0.39, 0.29) is 35.6 Å². The molecule has 5 rings (SSSR count). The molecule has 2 aromatic carbocycles. The number of benzene rings is 2. The fourth-order valence-electron chi connectivity index (χ4n) is 6.97. The first-order chi connectivity index (χ1) is 17.5. The van der Waals surface area contributed by atoms with Crippen LogP contribution in [-0.4, -0.2) is 3.21 Å². The van der Waals surface area contributed by atoms with Crippen LogP contribution in [0.15, 0.2) is 47.6 Å². The molecular weight excluding hydrogens is 595 g/mol. The van der Waals surface area contributed by atoms with Crippen molar-refractivity contribution in [3.05, 3.63) is 75.4 Å². The number of halogens is 2. The van der Waals surface area contributed by atoms with Gasteiger partial charge in [0.2, 0.25) is 0 Å². The zero-order valence-corrected chi connectivity index (χ0v) is 29.4. The molecule has 3 heteroatoms. The van der Waals surface area contributed by atoms with E-state index in [0.29, 0.717) is 3.63 Å². The summed E-state index contributed by atoms with van der Waals surface area (Å²) in [6, 6.07) is 12.5. The SMILES string of the molecule is CCC1=CCC(c2c(C(C)(C)C)ccc3c2[CH]([Zr+2]=[C]2CCCCC2)c2cc(C(C)(C)C)ccc2-3)=C1CC.[Cl-].[Cl-]. The monoisotopic (exact) mass is 639 g/mol. The number of fused-ring (bicyclic) bond motifs is 3. The van der Waals surface area contributed by atoms with Gasteiger partial charge in [-0.1, -0.05) is 0 Å². The minimum absolute atomic E-state index is 0. The minimum atomic E-state index is -0.775. The smallest absolute Gasteiger partial charge is 1.00 e. The Kier molecular flexibility index (Phi) is 10.6. The summed E-state index contributed by atoms with van der Waals surface area (Å²) in [7, 11) is 0. The minimum Gasteiger partial charge on any atom is -1.00 e. The average Bonchev–Trinajstić information content (AvgIpc) is 3.41. The molecule has 3 aliphatic carbocycles. The number of rotatable bonds is 4. The second-order valence-electron chi connectivity index (χ2n) is 13.6. The molecule has 0 amide bonds. The van der Waals surface area contributed by atoms with Crippen LogP contribution >= 0.6 is 0 Å². The van der Waals surface area contributed by atoms with E-state index in [4.69, 9.17) is 0 Å². The van der Waals surface area contributed by atoms with Crippen LogP contribution < -0.4 is 24.8 Å². The summed E-state index contributed by atoms with van der Waals surface area (Å²) in [5.74, 6) is 0. The second-order valence-corrected chi connectivity index (χ2v) is 17.5. The Morgan fingerprint density at radius 3 is 2.05 bits per heavy atom. The van der Waals surface area contributed by atoms with Crippen molar-refractivity contribution in [2.75, 3.05) is 0 Å². The molecular formula is C36H47Cl2Zr. The Labute approximate surface area is 262 Å². The van der Waals surface area contributed by atoms with Gasteiger partial charge in [0.15, 0.2) is 0 Å². The van der Waals surface area contributed by atoms with Crippen LogP contribution in [0.1, 0.15) is 138 Å². The molecule has 1 unspecified atom stereocenters. The molecule has 209 valence electrons. The van der Waals surface area contributed by atoms with Gasteiger partial charge in [-0.05, 0) is 0 Å². The fraction of sp³-hybridized carbons (Fsp3) is 0.528. The third-order valence-electron chi connectivity index (χ3n) is 9.01. The van der Waals surface area contributed by atoms with Crippen molar-refractivity contribution in [3.8, 4) is 11.1 Å². The van der Waals surface area contributed by atoms with Crippen LogP contribution in [0.25, 0.3) is 16.7 Å². The zero-order valence-electron chi connectivity index (χ0n) is 25.5. The van der Waals surface area contributed by atoms with E-state index in [9.17, 15) is 0 Å². The molecule has 3 aliphatic rings. The predicted octanol–water partition coefficient (Wildman–Crippen LogP) is 4.48. The summed E-state index contributed by atoms with van der Waals surface area (Å²) in [5, 5.41) is 0. The van der Waals surface area contributed by atoms with Crippen molar-refractivity contribution in [2.45, 2.75) is 121 Å². The summed E-state index contributed by atoms with van der Waals surface area (Å²) >= 11 is -0.775. The largest absolute Gasteiger partial charge is 1.00 e. The molecule has 0 spiro atoms. The molecule has 1 fully saturated rings. The van der Waals surface area contributed by atoms with Gasteiger partial charge in [-0.15, -0.1) is 0 Å². The number of hydrogen-bond acceptors (Lipinski definition) is 0. The van der Waals surface area contributed by atoms with Crippen molar-refractivity contribution in [2.24, 2.45) is 0 Å².